The second kappa shape index (κ2) is 9.65. The van der Waals surface area contributed by atoms with Gasteiger partial charge in [-0.3, -0.25) is 20.4 Å². The summed E-state index contributed by atoms with van der Waals surface area (Å²) in [6.07, 6.45) is 0.899. The summed E-state index contributed by atoms with van der Waals surface area (Å²) in [5.41, 5.74) is 8.73. The molecule has 1 heterocycles. The van der Waals surface area contributed by atoms with Crippen molar-refractivity contribution in [1.82, 2.24) is 31.1 Å². The fourth-order valence-corrected chi connectivity index (χ4v) is 3.09. The van der Waals surface area contributed by atoms with Crippen LogP contribution < -0.4 is 10.9 Å². The van der Waals surface area contributed by atoms with Gasteiger partial charge in [0.15, 0.2) is 0 Å². The summed E-state index contributed by atoms with van der Waals surface area (Å²) in [6, 6.07) is 23.9. The van der Waals surface area contributed by atoms with Crippen molar-refractivity contribution < 1.29 is 9.59 Å². The number of tetrazole rings is 1. The number of carbonyl (C=O) groups excluding carboxylic acids is 2. The second-order valence-corrected chi connectivity index (χ2v) is 7.17. The number of amides is 2. The highest BCUT2D eigenvalue weighted by Gasteiger charge is 2.10. The Morgan fingerprint density at radius 1 is 0.781 bits per heavy atom. The summed E-state index contributed by atoms with van der Waals surface area (Å²) >= 11 is 0. The topological polar surface area (TPSA) is 102 Å². The zero-order chi connectivity index (χ0) is 22.3. The molecule has 8 heteroatoms. The van der Waals surface area contributed by atoms with Crippen LogP contribution in [0, 0.1) is 0 Å². The fourth-order valence-electron chi connectivity index (χ4n) is 3.09. The largest absolute Gasteiger partial charge is 0.269 e. The third-order valence-electron chi connectivity index (χ3n) is 4.94. The Labute approximate surface area is 185 Å². The van der Waals surface area contributed by atoms with Crippen molar-refractivity contribution in [2.75, 3.05) is 0 Å². The molecule has 8 nitrogen and oxygen atoms in total. The normalized spacial score (nSPS) is 10.5. The van der Waals surface area contributed by atoms with E-state index in [0.29, 0.717) is 23.5 Å². The lowest BCUT2D eigenvalue weighted by Crippen LogP contribution is -2.41. The molecule has 0 unspecified atom stereocenters. The van der Waals surface area contributed by atoms with Gasteiger partial charge in [-0.25, -0.2) is 0 Å². The Hall–Kier alpha value is -4.33. The highest BCUT2D eigenvalue weighted by Crippen LogP contribution is 2.13. The van der Waals surface area contributed by atoms with Gasteiger partial charge in [0.2, 0.25) is 5.82 Å². The van der Waals surface area contributed by atoms with E-state index >= 15 is 0 Å². The highest BCUT2D eigenvalue weighted by molar-refractivity contribution is 5.99. The van der Waals surface area contributed by atoms with Crippen LogP contribution >= 0.6 is 0 Å². The molecule has 2 N–H and O–H groups in total. The van der Waals surface area contributed by atoms with Gasteiger partial charge in [-0.15, -0.1) is 10.2 Å². The molecule has 0 aliphatic rings. The molecular formula is C24H22N6O2. The van der Waals surface area contributed by atoms with Crippen LogP contribution in [0.25, 0.3) is 11.4 Å². The minimum absolute atomic E-state index is 0.371. The van der Waals surface area contributed by atoms with E-state index in [1.54, 1.807) is 24.3 Å². The van der Waals surface area contributed by atoms with Crippen molar-refractivity contribution in [2.45, 2.75) is 19.9 Å². The van der Waals surface area contributed by atoms with Gasteiger partial charge in [0.1, 0.15) is 0 Å². The van der Waals surface area contributed by atoms with E-state index in [1.807, 2.05) is 61.5 Å². The number of nitrogens with zero attached hydrogens (tertiary/aromatic N) is 4. The average Bonchev–Trinajstić information content (AvgIpc) is 3.32. The molecule has 0 bridgehead atoms. The number of hydrogen-bond acceptors (Lipinski definition) is 5. The monoisotopic (exact) mass is 426 g/mol. The first-order valence-corrected chi connectivity index (χ1v) is 10.2. The van der Waals surface area contributed by atoms with Gasteiger partial charge in [-0.2, -0.15) is 4.80 Å². The van der Waals surface area contributed by atoms with E-state index in [9.17, 15) is 9.59 Å². The predicted molar refractivity (Wildman–Crippen MR) is 120 cm³/mol. The molecule has 0 atom stereocenters. The fraction of sp³-hybridized carbons (Fsp3) is 0.125. The first-order valence-electron chi connectivity index (χ1n) is 10.2. The van der Waals surface area contributed by atoms with E-state index in [0.717, 1.165) is 23.1 Å². The average molecular weight is 426 g/mol. The Kier molecular flexibility index (Phi) is 6.31. The van der Waals surface area contributed by atoms with Crippen molar-refractivity contribution in [3.05, 3.63) is 101 Å². The molecule has 4 aromatic rings. The van der Waals surface area contributed by atoms with Crippen LogP contribution in [0.3, 0.4) is 0 Å². The van der Waals surface area contributed by atoms with Crippen LogP contribution in [0.1, 0.15) is 38.8 Å². The van der Waals surface area contributed by atoms with Gasteiger partial charge in [-0.1, -0.05) is 61.5 Å². The van der Waals surface area contributed by atoms with Crippen LogP contribution in [-0.4, -0.2) is 32.0 Å². The second-order valence-electron chi connectivity index (χ2n) is 7.17. The summed E-state index contributed by atoms with van der Waals surface area (Å²) in [4.78, 5) is 26.0. The molecule has 0 aliphatic heterocycles. The Morgan fingerprint density at radius 3 is 1.91 bits per heavy atom. The summed E-state index contributed by atoms with van der Waals surface area (Å²) in [5, 5.41) is 12.6. The van der Waals surface area contributed by atoms with E-state index in [-0.39, 0.29) is 5.91 Å². The van der Waals surface area contributed by atoms with Crippen LogP contribution in [-0.2, 0) is 13.0 Å². The molecule has 3 aromatic carbocycles. The first kappa shape index (κ1) is 20.9. The van der Waals surface area contributed by atoms with Gasteiger partial charge in [0.05, 0.1) is 6.54 Å². The molecule has 0 spiro atoms. The molecule has 2 amide bonds. The zero-order valence-electron chi connectivity index (χ0n) is 17.5. The van der Waals surface area contributed by atoms with Crippen molar-refractivity contribution in [3.8, 4) is 11.4 Å². The van der Waals surface area contributed by atoms with Crippen LogP contribution in [0.5, 0.6) is 0 Å². The van der Waals surface area contributed by atoms with E-state index < -0.39 is 5.91 Å². The molecule has 32 heavy (non-hydrogen) atoms. The lowest BCUT2D eigenvalue weighted by atomic mass is 10.1. The zero-order valence-corrected chi connectivity index (χ0v) is 17.5. The third kappa shape index (κ3) is 5.04. The summed E-state index contributed by atoms with van der Waals surface area (Å²) in [5.74, 6) is -0.217. The molecule has 1 aromatic heterocycles. The number of aromatic nitrogens is 4. The van der Waals surface area contributed by atoms with Crippen molar-refractivity contribution >= 4 is 11.8 Å². The maximum absolute atomic E-state index is 12.3. The highest BCUT2D eigenvalue weighted by atomic mass is 16.2. The number of hydrazine groups is 1. The maximum Gasteiger partial charge on any atom is 0.269 e. The van der Waals surface area contributed by atoms with Gasteiger partial charge in [0, 0.05) is 16.7 Å². The number of hydrogen-bond donors (Lipinski definition) is 2. The van der Waals surface area contributed by atoms with Gasteiger partial charge in [0.25, 0.3) is 11.8 Å². The summed E-state index contributed by atoms with van der Waals surface area (Å²) in [6.45, 7) is 2.47. The number of rotatable bonds is 6. The van der Waals surface area contributed by atoms with Gasteiger partial charge < -0.3 is 0 Å². The standard InChI is InChI=1S/C24H22N6O2/c1-2-17-8-12-20(13-9-17)23(31)26-27-24(32)21-14-10-18(11-15-21)16-30-28-22(25-29-30)19-6-4-3-5-7-19/h3-15H,2,16H2,1H3,(H,26,31)(H,27,32). The summed E-state index contributed by atoms with van der Waals surface area (Å²) in [7, 11) is 0. The van der Waals surface area contributed by atoms with E-state index in [4.69, 9.17) is 0 Å². The smallest absolute Gasteiger partial charge is 0.267 e. The van der Waals surface area contributed by atoms with E-state index in [2.05, 4.69) is 26.3 Å². The Balaban J connectivity index is 1.32. The number of aryl methyl sites for hydroxylation is 1. The number of benzene rings is 3. The molecule has 160 valence electrons. The Morgan fingerprint density at radius 2 is 1.34 bits per heavy atom. The van der Waals surface area contributed by atoms with Crippen LogP contribution in [0.15, 0.2) is 78.9 Å². The Bertz CT molecular complexity index is 1200. The molecule has 0 radical (unpaired) electrons. The van der Waals surface area contributed by atoms with E-state index in [1.165, 1.54) is 4.80 Å². The van der Waals surface area contributed by atoms with Crippen molar-refractivity contribution in [3.63, 3.8) is 0 Å². The maximum atomic E-state index is 12.3. The molecule has 0 fully saturated rings. The van der Waals surface area contributed by atoms with Crippen LogP contribution in [0.2, 0.25) is 0 Å². The van der Waals surface area contributed by atoms with Crippen molar-refractivity contribution in [1.29, 1.82) is 0 Å². The first-order chi connectivity index (χ1) is 15.6. The lowest BCUT2D eigenvalue weighted by Gasteiger charge is -2.08. The van der Waals surface area contributed by atoms with Gasteiger partial charge >= 0.3 is 0 Å². The quantitative estimate of drug-likeness (QED) is 0.462. The molecule has 4 rings (SSSR count). The minimum atomic E-state index is -0.402. The minimum Gasteiger partial charge on any atom is -0.267 e. The molecular weight excluding hydrogens is 404 g/mol. The third-order valence-corrected chi connectivity index (χ3v) is 4.94. The molecule has 0 saturated heterocycles. The number of nitrogens with one attached hydrogen (secondary N) is 2. The summed E-state index contributed by atoms with van der Waals surface area (Å²) < 4.78 is 0. The molecule has 0 aliphatic carbocycles. The SMILES string of the molecule is CCc1ccc(C(=O)NNC(=O)c2ccc(Cn3nnc(-c4ccccc4)n3)cc2)cc1. The molecule has 0 saturated carbocycles. The lowest BCUT2D eigenvalue weighted by molar-refractivity contribution is 0.0846. The predicted octanol–water partition coefficient (Wildman–Crippen LogP) is 3.03. The van der Waals surface area contributed by atoms with Crippen molar-refractivity contribution in [2.24, 2.45) is 0 Å². The number of carbonyl (C=O) groups is 2. The van der Waals surface area contributed by atoms with Gasteiger partial charge in [-0.05, 0) is 47.0 Å². The van der Waals surface area contributed by atoms with Crippen LogP contribution in [0.4, 0.5) is 0 Å².